The molecular weight excluding hydrogens is 314 g/mol. The van der Waals surface area contributed by atoms with Crippen molar-refractivity contribution < 1.29 is 9.59 Å². The Morgan fingerprint density at radius 3 is 2.56 bits per heavy atom. The number of nitrogens with one attached hydrogen (secondary N) is 1. The van der Waals surface area contributed by atoms with Crippen LogP contribution < -0.4 is 5.32 Å². The summed E-state index contributed by atoms with van der Waals surface area (Å²) in [4.78, 5) is 31.7. The fourth-order valence-corrected chi connectivity index (χ4v) is 3.26. The molecule has 5 nitrogen and oxygen atoms in total. The minimum Gasteiger partial charge on any atom is -0.352 e. The molecule has 0 saturated heterocycles. The van der Waals surface area contributed by atoms with Crippen LogP contribution in [0.4, 0.5) is 0 Å². The first-order chi connectivity index (χ1) is 12.1. The van der Waals surface area contributed by atoms with E-state index in [0.717, 1.165) is 29.7 Å². The molecule has 0 radical (unpaired) electrons. The standard InChI is InChI=1S/C20H21N3O2/c1-13-6-7-15(11-21-13)20(25)23-12-16-5-3-2-4-14(16)10-18(23)19(24)22-17-8-9-17/h2-7,11,17-18H,8-10,12H2,1H3,(H,22,24)/t18-/m0/s1. The molecule has 2 aromatic rings. The average molecular weight is 335 g/mol. The molecule has 1 aliphatic carbocycles. The van der Waals surface area contributed by atoms with Crippen LogP contribution in [0.15, 0.2) is 42.6 Å². The Morgan fingerprint density at radius 2 is 1.88 bits per heavy atom. The van der Waals surface area contributed by atoms with Gasteiger partial charge in [-0.3, -0.25) is 14.6 Å². The number of benzene rings is 1. The van der Waals surface area contributed by atoms with Crippen LogP contribution in [-0.4, -0.2) is 33.8 Å². The number of aromatic nitrogens is 1. The highest BCUT2D eigenvalue weighted by Crippen LogP contribution is 2.26. The second kappa shape index (κ2) is 6.31. The smallest absolute Gasteiger partial charge is 0.256 e. The van der Waals surface area contributed by atoms with E-state index in [9.17, 15) is 9.59 Å². The van der Waals surface area contributed by atoms with E-state index in [1.807, 2.05) is 37.3 Å². The summed E-state index contributed by atoms with van der Waals surface area (Å²) in [6, 6.07) is 11.4. The van der Waals surface area contributed by atoms with E-state index >= 15 is 0 Å². The van der Waals surface area contributed by atoms with Gasteiger partial charge in [0.1, 0.15) is 6.04 Å². The van der Waals surface area contributed by atoms with Gasteiger partial charge in [-0.05, 0) is 43.0 Å². The van der Waals surface area contributed by atoms with Crippen molar-refractivity contribution in [2.75, 3.05) is 0 Å². The van der Waals surface area contributed by atoms with Crippen molar-refractivity contribution in [2.45, 2.75) is 44.8 Å². The highest BCUT2D eigenvalue weighted by atomic mass is 16.2. The van der Waals surface area contributed by atoms with Crippen LogP contribution in [0.2, 0.25) is 0 Å². The highest BCUT2D eigenvalue weighted by molar-refractivity contribution is 5.97. The molecule has 0 spiro atoms. The summed E-state index contributed by atoms with van der Waals surface area (Å²) in [5, 5.41) is 3.05. The molecule has 25 heavy (non-hydrogen) atoms. The summed E-state index contributed by atoms with van der Waals surface area (Å²) in [5.41, 5.74) is 3.63. The van der Waals surface area contributed by atoms with Gasteiger partial charge in [-0.15, -0.1) is 0 Å². The summed E-state index contributed by atoms with van der Waals surface area (Å²) >= 11 is 0. The summed E-state index contributed by atoms with van der Waals surface area (Å²) in [6.45, 7) is 2.34. The first kappa shape index (κ1) is 15.8. The second-order valence-corrected chi connectivity index (χ2v) is 6.89. The van der Waals surface area contributed by atoms with Crippen LogP contribution in [0, 0.1) is 6.92 Å². The molecule has 1 saturated carbocycles. The molecule has 1 aromatic heterocycles. The number of carbonyl (C=O) groups is 2. The summed E-state index contributed by atoms with van der Waals surface area (Å²) < 4.78 is 0. The number of pyridine rings is 1. The van der Waals surface area contributed by atoms with Gasteiger partial charge in [0.25, 0.3) is 5.91 Å². The summed E-state index contributed by atoms with van der Waals surface area (Å²) in [7, 11) is 0. The monoisotopic (exact) mass is 335 g/mol. The molecule has 2 heterocycles. The predicted octanol–water partition coefficient (Wildman–Crippen LogP) is 2.24. The Kier molecular flexibility index (Phi) is 3.99. The van der Waals surface area contributed by atoms with Gasteiger partial charge in [0.2, 0.25) is 5.91 Å². The molecular formula is C20H21N3O2. The largest absolute Gasteiger partial charge is 0.352 e. The van der Waals surface area contributed by atoms with Crippen molar-refractivity contribution in [1.29, 1.82) is 0 Å². The van der Waals surface area contributed by atoms with E-state index in [4.69, 9.17) is 0 Å². The molecule has 2 amide bonds. The van der Waals surface area contributed by atoms with Crippen molar-refractivity contribution in [3.05, 3.63) is 65.0 Å². The topological polar surface area (TPSA) is 62.3 Å². The molecule has 5 heteroatoms. The predicted molar refractivity (Wildman–Crippen MR) is 93.9 cm³/mol. The number of aryl methyl sites for hydroxylation is 1. The van der Waals surface area contributed by atoms with Gasteiger partial charge >= 0.3 is 0 Å². The number of carbonyl (C=O) groups excluding carboxylic acids is 2. The molecule has 1 aromatic carbocycles. The molecule has 0 unspecified atom stereocenters. The van der Waals surface area contributed by atoms with E-state index in [1.54, 1.807) is 17.2 Å². The van der Waals surface area contributed by atoms with Gasteiger partial charge in [-0.2, -0.15) is 0 Å². The number of nitrogens with zero attached hydrogens (tertiary/aromatic N) is 2. The molecule has 2 aliphatic rings. The van der Waals surface area contributed by atoms with Crippen LogP contribution in [0.1, 0.15) is 40.0 Å². The fraction of sp³-hybridized carbons (Fsp3) is 0.350. The molecule has 0 bridgehead atoms. The van der Waals surface area contributed by atoms with Crippen molar-refractivity contribution in [1.82, 2.24) is 15.2 Å². The highest BCUT2D eigenvalue weighted by Gasteiger charge is 2.37. The zero-order valence-corrected chi connectivity index (χ0v) is 14.2. The van der Waals surface area contributed by atoms with E-state index in [-0.39, 0.29) is 17.9 Å². The first-order valence-electron chi connectivity index (χ1n) is 8.72. The zero-order valence-electron chi connectivity index (χ0n) is 14.2. The lowest BCUT2D eigenvalue weighted by Crippen LogP contribution is -2.53. The van der Waals surface area contributed by atoms with E-state index in [0.29, 0.717) is 18.5 Å². The maximum absolute atomic E-state index is 13.0. The Labute approximate surface area is 147 Å². The number of hydrogen-bond donors (Lipinski definition) is 1. The quantitative estimate of drug-likeness (QED) is 0.936. The maximum atomic E-state index is 13.0. The molecule has 1 aliphatic heterocycles. The summed E-state index contributed by atoms with van der Waals surface area (Å²) in [5.74, 6) is -0.191. The van der Waals surface area contributed by atoms with Gasteiger partial charge in [-0.1, -0.05) is 24.3 Å². The average Bonchev–Trinajstić information content (AvgIpc) is 3.44. The Hall–Kier alpha value is -2.69. The minimum absolute atomic E-state index is 0.0505. The molecule has 1 N–H and O–H groups in total. The van der Waals surface area contributed by atoms with E-state index in [2.05, 4.69) is 10.3 Å². The molecule has 1 fully saturated rings. The number of fused-ring (bicyclic) bond motifs is 1. The third-order valence-corrected chi connectivity index (χ3v) is 4.89. The number of rotatable bonds is 3. The Morgan fingerprint density at radius 1 is 1.12 bits per heavy atom. The lowest BCUT2D eigenvalue weighted by atomic mass is 9.93. The van der Waals surface area contributed by atoms with Gasteiger partial charge in [0, 0.05) is 30.9 Å². The van der Waals surface area contributed by atoms with Crippen LogP contribution >= 0.6 is 0 Å². The first-order valence-corrected chi connectivity index (χ1v) is 8.72. The van der Waals surface area contributed by atoms with Gasteiger partial charge < -0.3 is 10.2 Å². The third kappa shape index (κ3) is 3.27. The van der Waals surface area contributed by atoms with Crippen LogP contribution in [0.5, 0.6) is 0 Å². The SMILES string of the molecule is Cc1ccc(C(=O)N2Cc3ccccc3C[C@H]2C(=O)NC2CC2)cn1. The molecule has 4 rings (SSSR count). The Bertz CT molecular complexity index is 812. The second-order valence-electron chi connectivity index (χ2n) is 6.89. The third-order valence-electron chi connectivity index (χ3n) is 4.89. The van der Waals surface area contributed by atoms with Gasteiger partial charge in [-0.25, -0.2) is 0 Å². The van der Waals surface area contributed by atoms with E-state index < -0.39 is 6.04 Å². The van der Waals surface area contributed by atoms with Crippen molar-refractivity contribution in [2.24, 2.45) is 0 Å². The van der Waals surface area contributed by atoms with Crippen LogP contribution in [0.3, 0.4) is 0 Å². The minimum atomic E-state index is -0.468. The lowest BCUT2D eigenvalue weighted by molar-refractivity contribution is -0.126. The molecule has 128 valence electrons. The van der Waals surface area contributed by atoms with Gasteiger partial charge in [0.05, 0.1) is 5.56 Å². The van der Waals surface area contributed by atoms with Crippen LogP contribution in [-0.2, 0) is 17.8 Å². The zero-order chi connectivity index (χ0) is 17.4. The van der Waals surface area contributed by atoms with Crippen LogP contribution in [0.25, 0.3) is 0 Å². The number of hydrogen-bond acceptors (Lipinski definition) is 3. The lowest BCUT2D eigenvalue weighted by Gasteiger charge is -2.36. The molecule has 1 atom stereocenters. The Balaban J connectivity index is 1.64. The summed E-state index contributed by atoms with van der Waals surface area (Å²) in [6.07, 6.45) is 4.21. The van der Waals surface area contributed by atoms with Crippen molar-refractivity contribution in [3.8, 4) is 0 Å². The number of amides is 2. The maximum Gasteiger partial charge on any atom is 0.256 e. The van der Waals surface area contributed by atoms with Crippen molar-refractivity contribution in [3.63, 3.8) is 0 Å². The fourth-order valence-electron chi connectivity index (χ4n) is 3.26. The normalized spacial score (nSPS) is 19.2. The van der Waals surface area contributed by atoms with E-state index in [1.165, 1.54) is 0 Å². The van der Waals surface area contributed by atoms with Gasteiger partial charge in [0.15, 0.2) is 0 Å². The van der Waals surface area contributed by atoms with Crippen molar-refractivity contribution >= 4 is 11.8 Å².